The Hall–Kier alpha value is -2.94. The van der Waals surface area contributed by atoms with E-state index in [-0.39, 0.29) is 0 Å². The summed E-state index contributed by atoms with van der Waals surface area (Å²) in [4.78, 5) is 0. The lowest BCUT2D eigenvalue weighted by atomic mass is 10.1. The maximum Gasteiger partial charge on any atom is 0.166 e. The minimum absolute atomic E-state index is 0.513. The van der Waals surface area contributed by atoms with Gasteiger partial charge in [-0.1, -0.05) is 48.0 Å². The number of methoxy groups -OCH3 is 1. The van der Waals surface area contributed by atoms with Crippen LogP contribution in [-0.4, -0.2) is 7.11 Å². The van der Waals surface area contributed by atoms with Gasteiger partial charge in [-0.25, -0.2) is 0 Å². The summed E-state index contributed by atoms with van der Waals surface area (Å²) in [5.74, 6) is 1.54. The molecule has 0 aliphatic rings. The minimum Gasteiger partial charge on any atom is -0.493 e. The lowest BCUT2D eigenvalue weighted by molar-refractivity contribution is 0.281. The number of hydrogen-bond donors (Lipinski definition) is 1. The molecule has 0 saturated carbocycles. The normalized spacial score (nSPS) is 10.5. The van der Waals surface area contributed by atoms with Crippen molar-refractivity contribution in [1.82, 2.24) is 0 Å². The molecule has 0 radical (unpaired) electrons. The maximum atomic E-state index is 6.17. The molecule has 0 saturated heterocycles. The second kappa shape index (κ2) is 8.63. The largest absolute Gasteiger partial charge is 0.493 e. The summed E-state index contributed by atoms with van der Waals surface area (Å²) in [6, 6.07) is 20.8. The SMILES string of the molecule is COc1cccc(CNc2ccc(C)c(C)c2)c1OCc1cccc(C)c1. The van der Waals surface area contributed by atoms with E-state index in [2.05, 4.69) is 74.6 Å². The molecule has 0 atom stereocenters. The van der Waals surface area contributed by atoms with Crippen molar-refractivity contribution < 1.29 is 9.47 Å². The van der Waals surface area contributed by atoms with Crippen LogP contribution in [0.1, 0.15) is 27.8 Å². The topological polar surface area (TPSA) is 30.5 Å². The number of rotatable bonds is 7. The van der Waals surface area contributed by atoms with E-state index >= 15 is 0 Å². The van der Waals surface area contributed by atoms with Gasteiger partial charge in [-0.3, -0.25) is 0 Å². The highest BCUT2D eigenvalue weighted by Gasteiger charge is 2.11. The van der Waals surface area contributed by atoms with Crippen molar-refractivity contribution in [2.75, 3.05) is 12.4 Å². The van der Waals surface area contributed by atoms with E-state index in [1.54, 1.807) is 7.11 Å². The van der Waals surface area contributed by atoms with E-state index < -0.39 is 0 Å². The predicted molar refractivity (Wildman–Crippen MR) is 112 cm³/mol. The smallest absolute Gasteiger partial charge is 0.166 e. The Balaban J connectivity index is 1.77. The number of ether oxygens (including phenoxy) is 2. The number of anilines is 1. The van der Waals surface area contributed by atoms with Crippen LogP contribution in [0.15, 0.2) is 60.7 Å². The third-order valence-corrected chi connectivity index (χ3v) is 4.74. The molecular formula is C24H27NO2. The van der Waals surface area contributed by atoms with Gasteiger partial charge in [0.25, 0.3) is 0 Å². The Bertz CT molecular complexity index is 918. The standard InChI is InChI=1S/C24H27NO2/c1-17-7-5-8-20(13-17)16-27-24-21(9-6-10-23(24)26-4)15-25-22-12-11-18(2)19(3)14-22/h5-14,25H,15-16H2,1-4H3. The molecule has 0 spiro atoms. The van der Waals surface area contributed by atoms with E-state index in [4.69, 9.17) is 9.47 Å². The molecule has 0 aromatic heterocycles. The van der Waals surface area contributed by atoms with Crippen molar-refractivity contribution in [2.45, 2.75) is 33.9 Å². The van der Waals surface area contributed by atoms with Crippen LogP contribution in [0.2, 0.25) is 0 Å². The zero-order valence-electron chi connectivity index (χ0n) is 16.5. The van der Waals surface area contributed by atoms with Gasteiger partial charge >= 0.3 is 0 Å². The van der Waals surface area contributed by atoms with E-state index in [0.717, 1.165) is 28.3 Å². The number of para-hydroxylation sites is 1. The molecule has 0 unspecified atom stereocenters. The average molecular weight is 361 g/mol. The molecule has 3 aromatic carbocycles. The first-order chi connectivity index (χ1) is 13.1. The number of benzene rings is 3. The third-order valence-electron chi connectivity index (χ3n) is 4.74. The van der Waals surface area contributed by atoms with Gasteiger partial charge < -0.3 is 14.8 Å². The van der Waals surface area contributed by atoms with Crippen LogP contribution in [0.3, 0.4) is 0 Å². The van der Waals surface area contributed by atoms with E-state index in [1.165, 1.54) is 16.7 Å². The molecule has 0 amide bonds. The molecular weight excluding hydrogens is 334 g/mol. The first-order valence-electron chi connectivity index (χ1n) is 9.22. The van der Waals surface area contributed by atoms with Crippen molar-refractivity contribution in [2.24, 2.45) is 0 Å². The predicted octanol–water partition coefficient (Wildman–Crippen LogP) is 5.81. The fraction of sp³-hybridized carbons (Fsp3) is 0.250. The van der Waals surface area contributed by atoms with Crippen molar-refractivity contribution in [1.29, 1.82) is 0 Å². The van der Waals surface area contributed by atoms with Crippen molar-refractivity contribution in [3.05, 3.63) is 88.5 Å². The monoisotopic (exact) mass is 361 g/mol. The fourth-order valence-electron chi connectivity index (χ4n) is 3.03. The molecule has 0 heterocycles. The molecule has 0 aliphatic carbocycles. The van der Waals surface area contributed by atoms with Crippen molar-refractivity contribution >= 4 is 5.69 Å². The highest BCUT2D eigenvalue weighted by Crippen LogP contribution is 2.32. The second-order valence-corrected chi connectivity index (χ2v) is 6.88. The molecule has 3 rings (SSSR count). The Morgan fingerprint density at radius 2 is 1.67 bits per heavy atom. The zero-order valence-corrected chi connectivity index (χ0v) is 16.5. The van der Waals surface area contributed by atoms with Crippen LogP contribution in [0.4, 0.5) is 5.69 Å². The quantitative estimate of drug-likeness (QED) is 0.576. The summed E-state index contributed by atoms with van der Waals surface area (Å²) in [6.07, 6.45) is 0. The molecule has 3 heteroatoms. The van der Waals surface area contributed by atoms with Gasteiger partial charge in [0, 0.05) is 17.8 Å². The molecule has 0 bridgehead atoms. The van der Waals surface area contributed by atoms with E-state index in [1.807, 2.05) is 12.1 Å². The molecule has 0 aliphatic heterocycles. The van der Waals surface area contributed by atoms with Gasteiger partial charge in [0.15, 0.2) is 11.5 Å². The van der Waals surface area contributed by atoms with Crippen molar-refractivity contribution in [3.63, 3.8) is 0 Å². The fourth-order valence-corrected chi connectivity index (χ4v) is 3.03. The molecule has 1 N–H and O–H groups in total. The van der Waals surface area contributed by atoms with Crippen LogP contribution in [0.5, 0.6) is 11.5 Å². The van der Waals surface area contributed by atoms with Crippen molar-refractivity contribution in [3.8, 4) is 11.5 Å². The third kappa shape index (κ3) is 4.82. The summed E-state index contributed by atoms with van der Waals surface area (Å²) in [5, 5.41) is 3.49. The summed E-state index contributed by atoms with van der Waals surface area (Å²) in [5.41, 5.74) is 7.12. The van der Waals surface area contributed by atoms with Gasteiger partial charge in [-0.2, -0.15) is 0 Å². The summed E-state index contributed by atoms with van der Waals surface area (Å²) in [6.45, 7) is 7.52. The Labute approximate surface area is 162 Å². The van der Waals surface area contributed by atoms with Crippen LogP contribution < -0.4 is 14.8 Å². The molecule has 0 fully saturated rings. The van der Waals surface area contributed by atoms with Crippen LogP contribution >= 0.6 is 0 Å². The Morgan fingerprint density at radius 1 is 0.852 bits per heavy atom. The van der Waals surface area contributed by atoms with Crippen LogP contribution in [0.25, 0.3) is 0 Å². The second-order valence-electron chi connectivity index (χ2n) is 6.88. The summed E-state index contributed by atoms with van der Waals surface area (Å²) in [7, 11) is 1.68. The van der Waals surface area contributed by atoms with E-state index in [0.29, 0.717) is 13.2 Å². The van der Waals surface area contributed by atoms with Gasteiger partial charge in [0.1, 0.15) is 6.61 Å². The maximum absolute atomic E-state index is 6.17. The average Bonchev–Trinajstić information content (AvgIpc) is 2.67. The number of hydrogen-bond acceptors (Lipinski definition) is 3. The van der Waals surface area contributed by atoms with Gasteiger partial charge in [-0.15, -0.1) is 0 Å². The lowest BCUT2D eigenvalue weighted by Gasteiger charge is -2.16. The van der Waals surface area contributed by atoms with Gasteiger partial charge in [0.2, 0.25) is 0 Å². The summed E-state index contributed by atoms with van der Waals surface area (Å²) >= 11 is 0. The number of aryl methyl sites for hydroxylation is 3. The number of nitrogens with one attached hydrogen (secondary N) is 1. The molecule has 3 aromatic rings. The first-order valence-corrected chi connectivity index (χ1v) is 9.22. The minimum atomic E-state index is 0.513. The lowest BCUT2D eigenvalue weighted by Crippen LogP contribution is -2.05. The molecule has 3 nitrogen and oxygen atoms in total. The van der Waals surface area contributed by atoms with E-state index in [9.17, 15) is 0 Å². The van der Waals surface area contributed by atoms with Gasteiger partial charge in [-0.05, 0) is 55.7 Å². The van der Waals surface area contributed by atoms with Crippen LogP contribution in [0, 0.1) is 20.8 Å². The summed E-state index contributed by atoms with van der Waals surface area (Å²) < 4.78 is 11.7. The highest BCUT2D eigenvalue weighted by atomic mass is 16.5. The van der Waals surface area contributed by atoms with Crippen LogP contribution in [-0.2, 0) is 13.2 Å². The Morgan fingerprint density at radius 3 is 2.41 bits per heavy atom. The molecule has 140 valence electrons. The zero-order chi connectivity index (χ0) is 19.2. The highest BCUT2D eigenvalue weighted by molar-refractivity contribution is 5.52. The first kappa shape index (κ1) is 18.8. The Kier molecular flexibility index (Phi) is 6.02. The van der Waals surface area contributed by atoms with Gasteiger partial charge in [0.05, 0.1) is 7.11 Å². The molecule has 27 heavy (non-hydrogen) atoms.